The molecule has 1 rings (SSSR count). The molecule has 0 atom stereocenters. The fourth-order valence-electron chi connectivity index (χ4n) is 0.652. The highest BCUT2D eigenvalue weighted by Gasteiger charge is 2.00. The molecule has 1 amide bonds. The van der Waals surface area contributed by atoms with E-state index in [0.29, 0.717) is 12.1 Å². The summed E-state index contributed by atoms with van der Waals surface area (Å²) in [6.07, 6.45) is 4.64. The number of amides is 1. The first-order valence-electron chi connectivity index (χ1n) is 2.99. The molecule has 1 aromatic rings. The van der Waals surface area contributed by atoms with Crippen molar-refractivity contribution in [2.24, 2.45) is 0 Å². The second-order valence-electron chi connectivity index (χ2n) is 1.76. The maximum absolute atomic E-state index is 10.3. The highest BCUT2D eigenvalue weighted by atomic mass is 16.7. The standard InChI is InChI=1S/C7H7N2O2/c1-11-9(6-10)7-3-2-4-8-5-7/h2-3,5-6H,1H3. The minimum absolute atomic E-state index is 0.566. The number of aromatic nitrogens is 1. The van der Waals surface area contributed by atoms with Crippen LogP contribution in [0.25, 0.3) is 0 Å². The van der Waals surface area contributed by atoms with Crippen LogP contribution >= 0.6 is 0 Å². The first-order chi connectivity index (χ1) is 5.38. The summed E-state index contributed by atoms with van der Waals surface area (Å²) >= 11 is 0. The van der Waals surface area contributed by atoms with Gasteiger partial charge in [0.1, 0.15) is 0 Å². The number of anilines is 1. The van der Waals surface area contributed by atoms with Gasteiger partial charge in [-0.25, -0.2) is 0 Å². The van der Waals surface area contributed by atoms with E-state index in [2.05, 4.69) is 11.2 Å². The van der Waals surface area contributed by atoms with Gasteiger partial charge in [-0.3, -0.25) is 14.6 Å². The number of carbonyl (C=O) groups is 1. The molecule has 0 fully saturated rings. The number of hydrogen-bond donors (Lipinski definition) is 0. The largest absolute Gasteiger partial charge is 0.276 e. The van der Waals surface area contributed by atoms with E-state index in [9.17, 15) is 4.79 Å². The monoisotopic (exact) mass is 151 g/mol. The summed E-state index contributed by atoms with van der Waals surface area (Å²) in [5, 5.41) is 1.07. The van der Waals surface area contributed by atoms with Crippen LogP contribution in [-0.4, -0.2) is 18.5 Å². The van der Waals surface area contributed by atoms with Crippen LogP contribution in [-0.2, 0) is 9.63 Å². The van der Waals surface area contributed by atoms with Gasteiger partial charge in [-0.05, 0) is 12.1 Å². The number of nitrogens with zero attached hydrogens (tertiary/aromatic N) is 2. The van der Waals surface area contributed by atoms with Crippen molar-refractivity contribution in [3.05, 3.63) is 24.5 Å². The summed E-state index contributed by atoms with van der Waals surface area (Å²) in [7, 11) is 1.41. The number of rotatable bonds is 3. The first-order valence-corrected chi connectivity index (χ1v) is 2.99. The lowest BCUT2D eigenvalue weighted by molar-refractivity contribution is -0.112. The SMILES string of the molecule is CON(C=O)c1cc[c]nc1. The second kappa shape index (κ2) is 3.68. The topological polar surface area (TPSA) is 42.4 Å². The molecule has 0 saturated carbocycles. The molecule has 0 aliphatic heterocycles. The van der Waals surface area contributed by atoms with Crippen molar-refractivity contribution in [2.45, 2.75) is 0 Å². The van der Waals surface area contributed by atoms with Gasteiger partial charge in [-0.1, -0.05) is 0 Å². The van der Waals surface area contributed by atoms with E-state index in [-0.39, 0.29) is 0 Å². The highest BCUT2D eigenvalue weighted by Crippen LogP contribution is 2.07. The van der Waals surface area contributed by atoms with Gasteiger partial charge < -0.3 is 0 Å². The number of carbonyl (C=O) groups excluding carboxylic acids is 1. The summed E-state index contributed by atoms with van der Waals surface area (Å²) in [5.74, 6) is 0. The van der Waals surface area contributed by atoms with Gasteiger partial charge in [0.15, 0.2) is 0 Å². The van der Waals surface area contributed by atoms with Crippen LogP contribution in [0.1, 0.15) is 0 Å². The molecule has 0 saturated heterocycles. The van der Waals surface area contributed by atoms with Crippen molar-refractivity contribution < 1.29 is 9.63 Å². The number of pyridine rings is 1. The Hall–Kier alpha value is -1.42. The lowest BCUT2D eigenvalue weighted by atomic mass is 10.4. The molecule has 0 spiro atoms. The third-order valence-electron chi connectivity index (χ3n) is 1.15. The summed E-state index contributed by atoms with van der Waals surface area (Å²) < 4.78 is 0. The Morgan fingerprint density at radius 2 is 2.64 bits per heavy atom. The molecule has 1 radical (unpaired) electrons. The predicted molar refractivity (Wildman–Crippen MR) is 38.6 cm³/mol. The summed E-state index contributed by atoms with van der Waals surface area (Å²) in [6.45, 7) is 0. The van der Waals surface area contributed by atoms with Gasteiger partial charge in [0, 0.05) is 0 Å². The van der Waals surface area contributed by atoms with Crippen LogP contribution in [0.5, 0.6) is 0 Å². The molecule has 57 valence electrons. The molecule has 4 nitrogen and oxygen atoms in total. The summed E-state index contributed by atoms with van der Waals surface area (Å²) in [4.78, 5) is 18.7. The molecular weight excluding hydrogens is 144 g/mol. The molecule has 1 aromatic heterocycles. The van der Waals surface area contributed by atoms with Crippen molar-refractivity contribution in [3.8, 4) is 0 Å². The predicted octanol–water partition coefficient (Wildman–Crippen LogP) is 0.406. The van der Waals surface area contributed by atoms with Crippen molar-refractivity contribution in [3.63, 3.8) is 0 Å². The summed E-state index contributed by atoms with van der Waals surface area (Å²) in [5.41, 5.74) is 0.584. The minimum atomic E-state index is 0.566. The summed E-state index contributed by atoms with van der Waals surface area (Å²) in [6, 6.07) is 3.27. The second-order valence-corrected chi connectivity index (χ2v) is 1.76. The van der Waals surface area contributed by atoms with Crippen molar-refractivity contribution in [1.82, 2.24) is 4.98 Å². The van der Waals surface area contributed by atoms with Crippen LogP contribution in [0.15, 0.2) is 18.3 Å². The lowest BCUT2D eigenvalue weighted by Gasteiger charge is -2.11. The van der Waals surface area contributed by atoms with Crippen LogP contribution in [0.4, 0.5) is 5.69 Å². The van der Waals surface area contributed by atoms with Crippen LogP contribution in [0, 0.1) is 6.20 Å². The molecule has 4 heteroatoms. The van der Waals surface area contributed by atoms with E-state index in [4.69, 9.17) is 4.84 Å². The zero-order valence-electron chi connectivity index (χ0n) is 6.02. The lowest BCUT2D eigenvalue weighted by Crippen LogP contribution is -2.18. The Labute approximate surface area is 64.4 Å². The van der Waals surface area contributed by atoms with Crippen molar-refractivity contribution in [1.29, 1.82) is 0 Å². The fourth-order valence-corrected chi connectivity index (χ4v) is 0.652. The van der Waals surface area contributed by atoms with E-state index >= 15 is 0 Å². The van der Waals surface area contributed by atoms with Gasteiger partial charge in [0.05, 0.1) is 25.2 Å². The van der Waals surface area contributed by atoms with E-state index in [1.54, 1.807) is 12.1 Å². The fraction of sp³-hybridized carbons (Fsp3) is 0.143. The van der Waals surface area contributed by atoms with E-state index in [1.807, 2.05) is 0 Å². The Kier molecular flexibility index (Phi) is 2.57. The molecule has 0 N–H and O–H groups in total. The molecule has 11 heavy (non-hydrogen) atoms. The zero-order valence-corrected chi connectivity index (χ0v) is 6.02. The molecule has 0 aliphatic carbocycles. The Balaban J connectivity index is 2.82. The van der Waals surface area contributed by atoms with Gasteiger partial charge >= 0.3 is 0 Å². The van der Waals surface area contributed by atoms with Crippen LogP contribution in [0.3, 0.4) is 0 Å². The molecular formula is C7H7N2O2. The Morgan fingerprint density at radius 1 is 1.82 bits per heavy atom. The van der Waals surface area contributed by atoms with E-state index in [0.717, 1.165) is 5.06 Å². The van der Waals surface area contributed by atoms with Gasteiger partial charge in [0.25, 0.3) is 0 Å². The van der Waals surface area contributed by atoms with Gasteiger partial charge in [-0.15, -0.1) is 0 Å². The van der Waals surface area contributed by atoms with E-state index < -0.39 is 0 Å². The van der Waals surface area contributed by atoms with Crippen molar-refractivity contribution >= 4 is 12.1 Å². The normalized spacial score (nSPS) is 9.18. The molecule has 1 heterocycles. The maximum Gasteiger partial charge on any atom is 0.238 e. The average molecular weight is 151 g/mol. The van der Waals surface area contributed by atoms with Crippen LogP contribution < -0.4 is 5.06 Å². The minimum Gasteiger partial charge on any atom is -0.276 e. The number of hydrogen-bond acceptors (Lipinski definition) is 3. The Morgan fingerprint density at radius 3 is 3.09 bits per heavy atom. The maximum atomic E-state index is 10.3. The van der Waals surface area contributed by atoms with Crippen LogP contribution in [0.2, 0.25) is 0 Å². The van der Waals surface area contributed by atoms with Gasteiger partial charge in [-0.2, -0.15) is 5.06 Å². The average Bonchev–Trinajstić information content (AvgIpc) is 2.09. The first kappa shape index (κ1) is 7.68. The van der Waals surface area contributed by atoms with Crippen molar-refractivity contribution in [2.75, 3.05) is 12.2 Å². The van der Waals surface area contributed by atoms with Gasteiger partial charge in [0.2, 0.25) is 6.41 Å². The molecule has 0 aliphatic rings. The smallest absolute Gasteiger partial charge is 0.238 e. The number of hydroxylamine groups is 1. The zero-order chi connectivity index (χ0) is 8.10. The molecule has 0 bridgehead atoms. The highest BCUT2D eigenvalue weighted by molar-refractivity contribution is 5.71. The third kappa shape index (κ3) is 1.75. The molecule has 0 unspecified atom stereocenters. The Bertz CT molecular complexity index is 225. The quantitative estimate of drug-likeness (QED) is 0.464. The molecule has 0 aromatic carbocycles. The third-order valence-corrected chi connectivity index (χ3v) is 1.15. The van der Waals surface area contributed by atoms with E-state index in [1.165, 1.54) is 13.3 Å².